The van der Waals surface area contributed by atoms with Gasteiger partial charge in [0.25, 0.3) is 0 Å². The first kappa shape index (κ1) is 11.7. The maximum Gasteiger partial charge on any atom is 0.0826 e. The second kappa shape index (κ2) is 4.62. The van der Waals surface area contributed by atoms with Crippen molar-refractivity contribution < 1.29 is 0 Å². The minimum Gasteiger partial charge on any atom is -0.396 e. The summed E-state index contributed by atoms with van der Waals surface area (Å²) in [6.45, 7) is 6.90. The molecule has 0 fully saturated rings. The van der Waals surface area contributed by atoms with Crippen molar-refractivity contribution in [2.24, 2.45) is 0 Å². The van der Waals surface area contributed by atoms with E-state index >= 15 is 0 Å². The van der Waals surface area contributed by atoms with Crippen molar-refractivity contribution in [3.05, 3.63) is 46.8 Å². The molecule has 0 spiro atoms. The van der Waals surface area contributed by atoms with Crippen LogP contribution in [0.2, 0.25) is 0 Å². The third-order valence-electron chi connectivity index (χ3n) is 3.20. The van der Waals surface area contributed by atoms with Gasteiger partial charge in [-0.2, -0.15) is 5.10 Å². The van der Waals surface area contributed by atoms with Crippen LogP contribution in [0.5, 0.6) is 0 Å². The van der Waals surface area contributed by atoms with Gasteiger partial charge in [-0.1, -0.05) is 31.2 Å². The summed E-state index contributed by atoms with van der Waals surface area (Å²) < 4.78 is 1.96. The molecule has 0 aliphatic carbocycles. The highest BCUT2D eigenvalue weighted by Gasteiger charge is 2.07. The molecule has 1 aromatic heterocycles. The van der Waals surface area contributed by atoms with Crippen LogP contribution in [-0.2, 0) is 13.0 Å². The molecule has 2 aromatic rings. The Morgan fingerprint density at radius 2 is 1.71 bits per heavy atom. The van der Waals surface area contributed by atoms with E-state index in [1.165, 1.54) is 11.1 Å². The van der Waals surface area contributed by atoms with Crippen LogP contribution in [0, 0.1) is 13.8 Å². The zero-order valence-electron chi connectivity index (χ0n) is 10.7. The summed E-state index contributed by atoms with van der Waals surface area (Å²) >= 11 is 0. The van der Waals surface area contributed by atoms with Crippen LogP contribution in [0.25, 0.3) is 0 Å². The number of nitrogens with two attached hydrogens (primary N) is 1. The number of rotatable bonds is 3. The summed E-state index contributed by atoms with van der Waals surface area (Å²) in [6.07, 6.45) is 1.08. The highest BCUT2D eigenvalue weighted by molar-refractivity contribution is 5.47. The van der Waals surface area contributed by atoms with Gasteiger partial charge in [-0.3, -0.25) is 4.68 Å². The number of nitrogens with zero attached hydrogens (tertiary/aromatic N) is 2. The predicted octanol–water partition coefficient (Wildman–Crippen LogP) is 2.69. The van der Waals surface area contributed by atoms with Gasteiger partial charge in [0, 0.05) is 0 Å². The maximum atomic E-state index is 5.92. The molecule has 0 aliphatic heterocycles. The van der Waals surface area contributed by atoms with Gasteiger partial charge < -0.3 is 5.73 Å². The van der Waals surface area contributed by atoms with Crippen LogP contribution in [0.3, 0.4) is 0 Å². The van der Waals surface area contributed by atoms with Crippen LogP contribution >= 0.6 is 0 Å². The fourth-order valence-corrected chi connectivity index (χ4v) is 1.92. The van der Waals surface area contributed by atoms with Gasteiger partial charge in [0.15, 0.2) is 0 Å². The molecule has 3 heteroatoms. The Morgan fingerprint density at radius 1 is 1.12 bits per heavy atom. The number of hydrogen-bond acceptors (Lipinski definition) is 2. The van der Waals surface area contributed by atoms with Gasteiger partial charge in [-0.05, 0) is 31.4 Å². The Labute approximate surface area is 102 Å². The standard InChI is InChI=1S/C14H19N3/c1-4-12-5-7-13(8-6-12)9-17-11(3)14(15)10(2)16-17/h5-8H,4,9,15H2,1-3H3. The number of aryl methyl sites for hydroxylation is 2. The first-order valence-corrected chi connectivity index (χ1v) is 5.99. The normalized spacial score (nSPS) is 10.8. The first-order chi connectivity index (χ1) is 8.11. The third kappa shape index (κ3) is 2.33. The third-order valence-corrected chi connectivity index (χ3v) is 3.20. The molecular formula is C14H19N3. The molecule has 1 heterocycles. The minimum absolute atomic E-state index is 0.786. The summed E-state index contributed by atoms with van der Waals surface area (Å²) in [7, 11) is 0. The lowest BCUT2D eigenvalue weighted by atomic mass is 10.1. The zero-order valence-corrected chi connectivity index (χ0v) is 10.7. The molecule has 17 heavy (non-hydrogen) atoms. The average molecular weight is 229 g/mol. The fraction of sp³-hybridized carbons (Fsp3) is 0.357. The van der Waals surface area contributed by atoms with E-state index in [-0.39, 0.29) is 0 Å². The maximum absolute atomic E-state index is 5.92. The Morgan fingerprint density at radius 3 is 2.18 bits per heavy atom. The van der Waals surface area contributed by atoms with Crippen LogP contribution in [-0.4, -0.2) is 9.78 Å². The molecule has 0 atom stereocenters. The molecule has 1 aromatic carbocycles. The molecule has 3 nitrogen and oxygen atoms in total. The lowest BCUT2D eigenvalue weighted by molar-refractivity contribution is 0.659. The van der Waals surface area contributed by atoms with Gasteiger partial charge in [-0.15, -0.1) is 0 Å². The van der Waals surface area contributed by atoms with E-state index in [9.17, 15) is 0 Å². The van der Waals surface area contributed by atoms with E-state index in [1.807, 2.05) is 18.5 Å². The van der Waals surface area contributed by atoms with Crippen molar-refractivity contribution in [2.75, 3.05) is 5.73 Å². The van der Waals surface area contributed by atoms with Crippen molar-refractivity contribution >= 4 is 5.69 Å². The molecule has 90 valence electrons. The molecule has 0 saturated heterocycles. The van der Waals surface area contributed by atoms with Crippen molar-refractivity contribution in [2.45, 2.75) is 33.7 Å². The van der Waals surface area contributed by atoms with Crippen molar-refractivity contribution in [3.8, 4) is 0 Å². The summed E-state index contributed by atoms with van der Waals surface area (Å²) in [5.74, 6) is 0. The molecular weight excluding hydrogens is 210 g/mol. The first-order valence-electron chi connectivity index (χ1n) is 5.99. The molecule has 0 bridgehead atoms. The average Bonchev–Trinajstić information content (AvgIpc) is 2.58. The Kier molecular flexibility index (Phi) is 3.18. The van der Waals surface area contributed by atoms with E-state index < -0.39 is 0 Å². The lowest BCUT2D eigenvalue weighted by Crippen LogP contribution is -2.04. The van der Waals surface area contributed by atoms with E-state index in [0.29, 0.717) is 0 Å². The van der Waals surface area contributed by atoms with Crippen LogP contribution in [0.1, 0.15) is 29.4 Å². The van der Waals surface area contributed by atoms with Crippen molar-refractivity contribution in [3.63, 3.8) is 0 Å². The molecule has 0 saturated carbocycles. The summed E-state index contributed by atoms with van der Waals surface area (Å²) in [5, 5.41) is 4.44. The lowest BCUT2D eigenvalue weighted by Gasteiger charge is -2.05. The van der Waals surface area contributed by atoms with Gasteiger partial charge in [-0.25, -0.2) is 0 Å². The van der Waals surface area contributed by atoms with Gasteiger partial charge in [0.05, 0.1) is 23.6 Å². The van der Waals surface area contributed by atoms with Gasteiger partial charge in [0.2, 0.25) is 0 Å². The van der Waals surface area contributed by atoms with E-state index in [0.717, 1.165) is 30.0 Å². The number of hydrogen-bond donors (Lipinski definition) is 1. The molecule has 2 rings (SSSR count). The summed E-state index contributed by atoms with van der Waals surface area (Å²) in [6, 6.07) is 8.66. The fourth-order valence-electron chi connectivity index (χ4n) is 1.92. The monoisotopic (exact) mass is 229 g/mol. The molecule has 0 unspecified atom stereocenters. The molecule has 2 N–H and O–H groups in total. The zero-order chi connectivity index (χ0) is 12.4. The van der Waals surface area contributed by atoms with E-state index in [1.54, 1.807) is 0 Å². The Bertz CT molecular complexity index is 509. The van der Waals surface area contributed by atoms with Crippen LogP contribution < -0.4 is 5.73 Å². The quantitative estimate of drug-likeness (QED) is 0.879. The van der Waals surface area contributed by atoms with E-state index in [2.05, 4.69) is 36.3 Å². The minimum atomic E-state index is 0.786. The highest BCUT2D eigenvalue weighted by atomic mass is 15.3. The molecule has 0 aliphatic rings. The summed E-state index contributed by atoms with van der Waals surface area (Å²) in [5.41, 5.74) is 11.3. The van der Waals surface area contributed by atoms with Crippen LogP contribution in [0.15, 0.2) is 24.3 Å². The van der Waals surface area contributed by atoms with Crippen molar-refractivity contribution in [1.29, 1.82) is 0 Å². The second-order valence-electron chi connectivity index (χ2n) is 4.41. The Balaban J connectivity index is 2.22. The number of benzene rings is 1. The predicted molar refractivity (Wildman–Crippen MR) is 71.0 cm³/mol. The van der Waals surface area contributed by atoms with Crippen LogP contribution in [0.4, 0.5) is 5.69 Å². The van der Waals surface area contributed by atoms with Crippen molar-refractivity contribution in [1.82, 2.24) is 9.78 Å². The van der Waals surface area contributed by atoms with Gasteiger partial charge in [0.1, 0.15) is 0 Å². The number of aromatic nitrogens is 2. The highest BCUT2D eigenvalue weighted by Crippen LogP contribution is 2.16. The number of anilines is 1. The van der Waals surface area contributed by atoms with Gasteiger partial charge >= 0.3 is 0 Å². The Hall–Kier alpha value is -1.77. The molecule has 0 radical (unpaired) electrons. The molecule has 0 amide bonds. The number of nitrogen functional groups attached to an aromatic ring is 1. The second-order valence-corrected chi connectivity index (χ2v) is 4.41. The van der Waals surface area contributed by atoms with E-state index in [4.69, 9.17) is 5.73 Å². The SMILES string of the molecule is CCc1ccc(Cn2nc(C)c(N)c2C)cc1. The largest absolute Gasteiger partial charge is 0.396 e. The topological polar surface area (TPSA) is 43.8 Å². The smallest absolute Gasteiger partial charge is 0.0826 e. The summed E-state index contributed by atoms with van der Waals surface area (Å²) in [4.78, 5) is 0.